The molecule has 6 nitrogen and oxygen atoms in total. The summed E-state index contributed by atoms with van der Waals surface area (Å²) in [7, 11) is 5.02. The molecule has 0 aliphatic carbocycles. The number of carbonyl (C=O) groups excluding carboxylic acids is 1. The number of nitrogens with zero attached hydrogens (tertiary/aromatic N) is 3. The van der Waals surface area contributed by atoms with E-state index in [-0.39, 0.29) is 11.4 Å². The second-order valence-electron chi connectivity index (χ2n) is 5.62. The van der Waals surface area contributed by atoms with Crippen molar-refractivity contribution in [2.45, 2.75) is 6.18 Å². The number of carbonyl (C=O) groups is 1. The van der Waals surface area contributed by atoms with E-state index in [2.05, 4.69) is 15.3 Å². The Morgan fingerprint density at radius 2 is 2.00 bits per heavy atom. The zero-order valence-electron chi connectivity index (χ0n) is 14.4. The summed E-state index contributed by atoms with van der Waals surface area (Å²) in [5.41, 5.74) is 5.35. The van der Waals surface area contributed by atoms with Crippen LogP contribution in [0.25, 0.3) is 10.9 Å². The van der Waals surface area contributed by atoms with Crippen molar-refractivity contribution < 1.29 is 18.0 Å². The Hall–Kier alpha value is -3.10. The molecule has 1 heterocycles. The molecule has 9 heteroatoms. The number of amides is 1. The quantitative estimate of drug-likeness (QED) is 0.647. The van der Waals surface area contributed by atoms with Gasteiger partial charge in [-0.3, -0.25) is 14.8 Å². The SMILES string of the molecule is CN=C(C=C(N)C(F)(F)F)NC(=O)c1ccc2c(N(C)C)ccnc2c1. The van der Waals surface area contributed by atoms with Gasteiger partial charge >= 0.3 is 6.18 Å². The molecular weight excluding hydrogens is 347 g/mol. The van der Waals surface area contributed by atoms with Crippen LogP contribution in [0.15, 0.2) is 47.2 Å². The van der Waals surface area contributed by atoms with Crippen LogP contribution in [0.4, 0.5) is 18.9 Å². The van der Waals surface area contributed by atoms with E-state index in [1.54, 1.807) is 24.4 Å². The number of aliphatic imine (C=N–C) groups is 1. The largest absolute Gasteiger partial charge is 0.430 e. The summed E-state index contributed by atoms with van der Waals surface area (Å²) in [5.74, 6) is -0.907. The summed E-state index contributed by atoms with van der Waals surface area (Å²) in [6.07, 6.45) is -2.51. The highest BCUT2D eigenvalue weighted by atomic mass is 19.4. The molecule has 0 spiro atoms. The fourth-order valence-electron chi connectivity index (χ4n) is 2.24. The predicted octanol–water partition coefficient (Wildman–Crippen LogP) is 2.46. The van der Waals surface area contributed by atoms with Crippen molar-refractivity contribution >= 4 is 28.3 Å². The number of amidine groups is 1. The van der Waals surface area contributed by atoms with E-state index in [1.807, 2.05) is 25.1 Å². The molecule has 26 heavy (non-hydrogen) atoms. The first-order chi connectivity index (χ1) is 12.1. The lowest BCUT2D eigenvalue weighted by atomic mass is 10.1. The Bertz CT molecular complexity index is 888. The van der Waals surface area contributed by atoms with Crippen molar-refractivity contribution in [3.05, 3.63) is 47.8 Å². The highest BCUT2D eigenvalue weighted by molar-refractivity contribution is 6.11. The van der Waals surface area contributed by atoms with Crippen molar-refractivity contribution in [3.63, 3.8) is 0 Å². The molecule has 138 valence electrons. The normalized spacial score (nSPS) is 13.0. The number of rotatable bonds is 3. The molecule has 2 aromatic rings. The number of aromatic nitrogens is 1. The summed E-state index contributed by atoms with van der Waals surface area (Å²) in [4.78, 5) is 22.1. The highest BCUT2D eigenvalue weighted by Gasteiger charge is 2.31. The van der Waals surface area contributed by atoms with Crippen molar-refractivity contribution in [1.29, 1.82) is 0 Å². The molecule has 0 unspecified atom stereocenters. The zero-order valence-corrected chi connectivity index (χ0v) is 14.4. The molecule has 0 saturated carbocycles. The minimum Gasteiger partial charge on any atom is -0.395 e. The van der Waals surface area contributed by atoms with Crippen LogP contribution in [0.1, 0.15) is 10.4 Å². The lowest BCUT2D eigenvalue weighted by molar-refractivity contribution is -0.0925. The van der Waals surface area contributed by atoms with Gasteiger partial charge in [-0.05, 0) is 24.3 Å². The number of hydrogen-bond acceptors (Lipinski definition) is 5. The molecule has 1 amide bonds. The van der Waals surface area contributed by atoms with Gasteiger partial charge in [-0.15, -0.1) is 0 Å². The van der Waals surface area contributed by atoms with E-state index in [1.165, 1.54) is 7.05 Å². The van der Waals surface area contributed by atoms with Crippen LogP contribution in [0.5, 0.6) is 0 Å². The Labute approximate surface area is 148 Å². The van der Waals surface area contributed by atoms with Gasteiger partial charge in [-0.25, -0.2) is 0 Å². The molecule has 0 bridgehead atoms. The van der Waals surface area contributed by atoms with Crippen LogP contribution in [-0.4, -0.2) is 44.0 Å². The van der Waals surface area contributed by atoms with Crippen LogP contribution in [0.2, 0.25) is 0 Å². The molecular formula is C17H18F3N5O. The number of benzene rings is 1. The number of alkyl halides is 3. The number of nitrogens with two attached hydrogens (primary N) is 1. The zero-order chi connectivity index (χ0) is 19.5. The molecule has 0 aliphatic heterocycles. The monoisotopic (exact) mass is 365 g/mol. The molecule has 2 rings (SSSR count). The van der Waals surface area contributed by atoms with E-state index in [0.29, 0.717) is 11.6 Å². The standard InChI is InChI=1S/C17H18F3N5O/c1-22-15(9-14(21)17(18,19)20)24-16(26)10-4-5-11-12(8-10)23-7-6-13(11)25(2)3/h4-9H,21H2,1-3H3,(H,22,24,26). The minimum atomic E-state index is -4.70. The Morgan fingerprint density at radius 1 is 1.31 bits per heavy atom. The van der Waals surface area contributed by atoms with E-state index >= 15 is 0 Å². The van der Waals surface area contributed by atoms with E-state index in [9.17, 15) is 18.0 Å². The molecule has 3 N–H and O–H groups in total. The Kier molecular flexibility index (Phi) is 5.49. The Morgan fingerprint density at radius 3 is 2.58 bits per heavy atom. The topological polar surface area (TPSA) is 83.6 Å². The van der Waals surface area contributed by atoms with Gasteiger partial charge in [0.2, 0.25) is 0 Å². The first-order valence-corrected chi connectivity index (χ1v) is 7.52. The summed E-state index contributed by atoms with van der Waals surface area (Å²) in [6, 6.07) is 6.70. The maximum atomic E-state index is 12.5. The van der Waals surface area contributed by atoms with Gasteiger partial charge in [0.1, 0.15) is 11.5 Å². The number of nitrogens with one attached hydrogen (secondary N) is 1. The number of pyridine rings is 1. The summed E-state index contributed by atoms with van der Waals surface area (Å²) < 4.78 is 37.5. The summed E-state index contributed by atoms with van der Waals surface area (Å²) >= 11 is 0. The Balaban J connectivity index is 2.30. The van der Waals surface area contributed by atoms with Gasteiger partial charge in [0.25, 0.3) is 5.91 Å². The van der Waals surface area contributed by atoms with Crippen LogP contribution in [0.3, 0.4) is 0 Å². The van der Waals surface area contributed by atoms with Gasteiger partial charge < -0.3 is 16.0 Å². The van der Waals surface area contributed by atoms with Crippen LogP contribution in [0, 0.1) is 0 Å². The smallest absolute Gasteiger partial charge is 0.395 e. The second-order valence-corrected chi connectivity index (χ2v) is 5.62. The minimum absolute atomic E-state index is 0.237. The molecule has 0 fully saturated rings. The fraction of sp³-hybridized carbons (Fsp3) is 0.235. The summed E-state index contributed by atoms with van der Waals surface area (Å²) in [5, 5.41) is 3.15. The van der Waals surface area contributed by atoms with E-state index in [4.69, 9.17) is 5.73 Å². The van der Waals surface area contributed by atoms with Crippen LogP contribution < -0.4 is 16.0 Å². The van der Waals surface area contributed by atoms with Gasteiger partial charge in [0.15, 0.2) is 0 Å². The predicted molar refractivity (Wildman–Crippen MR) is 95.2 cm³/mol. The lowest BCUT2D eigenvalue weighted by Crippen LogP contribution is -2.31. The third-order valence-corrected chi connectivity index (χ3v) is 3.57. The van der Waals surface area contributed by atoms with Gasteiger partial charge in [-0.2, -0.15) is 13.2 Å². The number of allylic oxidation sites excluding steroid dienone is 1. The van der Waals surface area contributed by atoms with E-state index in [0.717, 1.165) is 11.1 Å². The first kappa shape index (κ1) is 19.2. The lowest BCUT2D eigenvalue weighted by Gasteiger charge is -2.15. The van der Waals surface area contributed by atoms with Gasteiger partial charge in [0, 0.05) is 50.1 Å². The maximum Gasteiger partial charge on any atom is 0.430 e. The molecule has 0 atom stereocenters. The fourth-order valence-corrected chi connectivity index (χ4v) is 2.24. The molecule has 0 radical (unpaired) electrons. The highest BCUT2D eigenvalue weighted by Crippen LogP contribution is 2.24. The number of hydrogen-bond donors (Lipinski definition) is 2. The molecule has 1 aromatic heterocycles. The molecule has 0 saturated heterocycles. The van der Waals surface area contributed by atoms with Crippen molar-refractivity contribution in [2.75, 3.05) is 26.0 Å². The second kappa shape index (κ2) is 7.42. The van der Waals surface area contributed by atoms with E-state index < -0.39 is 17.8 Å². The number of anilines is 1. The number of fused-ring (bicyclic) bond motifs is 1. The van der Waals surface area contributed by atoms with Crippen molar-refractivity contribution in [2.24, 2.45) is 10.7 Å². The third-order valence-electron chi connectivity index (χ3n) is 3.57. The van der Waals surface area contributed by atoms with Gasteiger partial charge in [0.05, 0.1) is 5.52 Å². The third kappa shape index (κ3) is 4.29. The first-order valence-electron chi connectivity index (χ1n) is 7.52. The van der Waals surface area contributed by atoms with Crippen LogP contribution >= 0.6 is 0 Å². The van der Waals surface area contributed by atoms with Gasteiger partial charge in [-0.1, -0.05) is 0 Å². The molecule has 0 aliphatic rings. The van der Waals surface area contributed by atoms with Crippen molar-refractivity contribution in [3.8, 4) is 0 Å². The maximum absolute atomic E-state index is 12.5. The average Bonchev–Trinajstić information content (AvgIpc) is 2.58. The van der Waals surface area contributed by atoms with Crippen LogP contribution in [-0.2, 0) is 0 Å². The van der Waals surface area contributed by atoms with Crippen molar-refractivity contribution in [1.82, 2.24) is 10.3 Å². The molecule has 1 aromatic carbocycles. The average molecular weight is 365 g/mol. The summed E-state index contributed by atoms with van der Waals surface area (Å²) in [6.45, 7) is 0. The number of halogens is 3.